The van der Waals surface area contributed by atoms with E-state index < -0.39 is 0 Å². The summed E-state index contributed by atoms with van der Waals surface area (Å²) in [6.45, 7) is 1.39. The molecule has 0 aromatic heterocycles. The average Bonchev–Trinajstić information content (AvgIpc) is 2.30. The van der Waals surface area contributed by atoms with Crippen molar-refractivity contribution in [1.82, 2.24) is 0 Å². The molecule has 2 heteroatoms. The number of ether oxygens (including phenoxy) is 1. The Hall–Kier alpha value is -0.0800. The molecule has 1 heterocycles. The number of aliphatic hydroxyl groups excluding tert-OH is 1. The van der Waals surface area contributed by atoms with Crippen LogP contribution in [0.25, 0.3) is 0 Å². The monoisotopic (exact) mass is 182 g/mol. The van der Waals surface area contributed by atoms with Crippen LogP contribution in [0.2, 0.25) is 0 Å². The molecule has 0 aromatic rings. The molecule has 2 saturated carbocycles. The molecule has 3 aliphatic rings. The minimum absolute atomic E-state index is 0.164. The zero-order valence-electron chi connectivity index (χ0n) is 8.04. The first-order valence-corrected chi connectivity index (χ1v) is 5.55. The zero-order valence-corrected chi connectivity index (χ0v) is 8.04. The maximum atomic E-state index is 9.66. The van der Waals surface area contributed by atoms with Crippen LogP contribution < -0.4 is 0 Å². The molecule has 0 bridgehead atoms. The molecule has 2 atom stereocenters. The third-order valence-corrected chi connectivity index (χ3v) is 4.50. The first kappa shape index (κ1) is 8.25. The van der Waals surface area contributed by atoms with Gasteiger partial charge in [0, 0.05) is 5.92 Å². The van der Waals surface area contributed by atoms with Crippen molar-refractivity contribution >= 4 is 0 Å². The molecule has 0 aromatic carbocycles. The SMILES string of the molecule is O[C@@H]1COC[C@H]1C1CC2(CCC2)C1. The fourth-order valence-electron chi connectivity index (χ4n) is 3.45. The average molecular weight is 182 g/mol. The zero-order chi connectivity index (χ0) is 8.89. The summed E-state index contributed by atoms with van der Waals surface area (Å²) in [6.07, 6.45) is 6.93. The van der Waals surface area contributed by atoms with Gasteiger partial charge in [-0.15, -0.1) is 0 Å². The van der Waals surface area contributed by atoms with E-state index in [0.29, 0.717) is 12.5 Å². The molecule has 74 valence electrons. The van der Waals surface area contributed by atoms with E-state index >= 15 is 0 Å². The molecule has 1 saturated heterocycles. The largest absolute Gasteiger partial charge is 0.390 e. The Balaban J connectivity index is 1.57. The van der Waals surface area contributed by atoms with E-state index in [4.69, 9.17) is 4.74 Å². The molecule has 3 rings (SSSR count). The topological polar surface area (TPSA) is 29.5 Å². The quantitative estimate of drug-likeness (QED) is 0.667. The van der Waals surface area contributed by atoms with Crippen molar-refractivity contribution in [2.24, 2.45) is 17.3 Å². The number of aliphatic hydroxyl groups is 1. The van der Waals surface area contributed by atoms with Gasteiger partial charge in [0.2, 0.25) is 0 Å². The van der Waals surface area contributed by atoms with E-state index in [1.165, 1.54) is 32.1 Å². The predicted octanol–water partition coefficient (Wildman–Crippen LogP) is 1.57. The second kappa shape index (κ2) is 2.71. The fourth-order valence-corrected chi connectivity index (χ4v) is 3.45. The molecule has 1 aliphatic heterocycles. The van der Waals surface area contributed by atoms with Gasteiger partial charge in [-0.3, -0.25) is 0 Å². The second-order valence-electron chi connectivity index (χ2n) is 5.29. The summed E-state index contributed by atoms with van der Waals surface area (Å²) in [7, 11) is 0. The van der Waals surface area contributed by atoms with E-state index in [0.717, 1.165) is 17.9 Å². The Morgan fingerprint density at radius 1 is 1.15 bits per heavy atom. The summed E-state index contributed by atoms with van der Waals surface area (Å²) < 4.78 is 5.30. The molecule has 2 nitrogen and oxygen atoms in total. The van der Waals surface area contributed by atoms with Crippen LogP contribution in [0, 0.1) is 17.3 Å². The van der Waals surface area contributed by atoms with E-state index in [2.05, 4.69) is 0 Å². The van der Waals surface area contributed by atoms with E-state index in [9.17, 15) is 5.11 Å². The highest BCUT2D eigenvalue weighted by Gasteiger charge is 2.52. The lowest BCUT2D eigenvalue weighted by atomic mass is 9.49. The van der Waals surface area contributed by atoms with E-state index in [-0.39, 0.29) is 6.10 Å². The van der Waals surface area contributed by atoms with E-state index in [1.54, 1.807) is 0 Å². The summed E-state index contributed by atoms with van der Waals surface area (Å²) >= 11 is 0. The van der Waals surface area contributed by atoms with Gasteiger partial charge in [-0.05, 0) is 37.0 Å². The van der Waals surface area contributed by atoms with Crippen molar-refractivity contribution in [2.75, 3.05) is 13.2 Å². The van der Waals surface area contributed by atoms with E-state index in [1.807, 2.05) is 0 Å². The number of hydrogen-bond donors (Lipinski definition) is 1. The highest BCUT2D eigenvalue weighted by Crippen LogP contribution is 2.61. The molecule has 0 amide bonds. The highest BCUT2D eigenvalue weighted by atomic mass is 16.5. The standard InChI is InChI=1S/C11H18O2/c12-10-7-13-6-9(10)8-4-11(5-8)2-1-3-11/h8-10,12H,1-7H2/t9-,10+/m0/s1. The van der Waals surface area contributed by atoms with Gasteiger partial charge in [-0.25, -0.2) is 0 Å². The van der Waals surface area contributed by atoms with Crippen LogP contribution in [0.3, 0.4) is 0 Å². The molecule has 1 spiro atoms. The molecule has 1 N–H and O–H groups in total. The third-order valence-electron chi connectivity index (χ3n) is 4.50. The number of rotatable bonds is 1. The van der Waals surface area contributed by atoms with Crippen molar-refractivity contribution in [3.8, 4) is 0 Å². The van der Waals surface area contributed by atoms with Crippen molar-refractivity contribution in [1.29, 1.82) is 0 Å². The van der Waals surface area contributed by atoms with Crippen molar-refractivity contribution in [3.05, 3.63) is 0 Å². The fraction of sp³-hybridized carbons (Fsp3) is 1.00. The number of hydrogen-bond acceptors (Lipinski definition) is 2. The summed E-state index contributed by atoms with van der Waals surface area (Å²) in [5.74, 6) is 1.24. The lowest BCUT2D eigenvalue weighted by molar-refractivity contribution is -0.0668. The molecular formula is C11H18O2. The Morgan fingerprint density at radius 3 is 2.38 bits per heavy atom. The van der Waals surface area contributed by atoms with Crippen LogP contribution in [0.1, 0.15) is 32.1 Å². The maximum Gasteiger partial charge on any atom is 0.0826 e. The van der Waals surface area contributed by atoms with Gasteiger partial charge < -0.3 is 9.84 Å². The van der Waals surface area contributed by atoms with Crippen LogP contribution >= 0.6 is 0 Å². The summed E-state index contributed by atoms with van der Waals surface area (Å²) in [4.78, 5) is 0. The maximum absolute atomic E-state index is 9.66. The Kier molecular flexibility index (Phi) is 1.72. The Bertz CT molecular complexity index is 202. The molecule has 13 heavy (non-hydrogen) atoms. The van der Waals surface area contributed by atoms with Gasteiger partial charge >= 0.3 is 0 Å². The summed E-state index contributed by atoms with van der Waals surface area (Å²) in [5, 5.41) is 9.66. The van der Waals surface area contributed by atoms with Crippen molar-refractivity contribution in [2.45, 2.75) is 38.2 Å². The minimum Gasteiger partial charge on any atom is -0.390 e. The van der Waals surface area contributed by atoms with Gasteiger partial charge in [0.15, 0.2) is 0 Å². The van der Waals surface area contributed by atoms with Crippen LogP contribution in [0.4, 0.5) is 0 Å². The molecular weight excluding hydrogens is 164 g/mol. The summed E-state index contributed by atoms with van der Waals surface area (Å²) in [6, 6.07) is 0. The normalized spacial score (nSPS) is 43.2. The molecule has 0 radical (unpaired) electrons. The minimum atomic E-state index is -0.164. The van der Waals surface area contributed by atoms with Gasteiger partial charge in [0.05, 0.1) is 19.3 Å². The Morgan fingerprint density at radius 2 is 1.92 bits per heavy atom. The van der Waals surface area contributed by atoms with Gasteiger partial charge in [-0.2, -0.15) is 0 Å². The van der Waals surface area contributed by atoms with Gasteiger partial charge in [0.25, 0.3) is 0 Å². The van der Waals surface area contributed by atoms with Gasteiger partial charge in [-0.1, -0.05) is 6.42 Å². The predicted molar refractivity (Wildman–Crippen MR) is 49.3 cm³/mol. The third kappa shape index (κ3) is 1.15. The second-order valence-corrected chi connectivity index (χ2v) is 5.29. The molecule has 0 unspecified atom stereocenters. The van der Waals surface area contributed by atoms with Crippen molar-refractivity contribution in [3.63, 3.8) is 0 Å². The first-order chi connectivity index (χ1) is 6.29. The first-order valence-electron chi connectivity index (χ1n) is 5.55. The molecule has 3 fully saturated rings. The van der Waals surface area contributed by atoms with Crippen molar-refractivity contribution < 1.29 is 9.84 Å². The molecule has 2 aliphatic carbocycles. The summed E-state index contributed by atoms with van der Waals surface area (Å²) in [5.41, 5.74) is 0.743. The van der Waals surface area contributed by atoms with Crippen LogP contribution in [0.15, 0.2) is 0 Å². The highest BCUT2D eigenvalue weighted by molar-refractivity contribution is 5.02. The van der Waals surface area contributed by atoms with Crippen LogP contribution in [-0.4, -0.2) is 24.4 Å². The van der Waals surface area contributed by atoms with Crippen LogP contribution in [-0.2, 0) is 4.74 Å². The Labute approximate surface area is 79.3 Å². The van der Waals surface area contributed by atoms with Crippen LogP contribution in [0.5, 0.6) is 0 Å². The lowest BCUT2D eigenvalue weighted by Crippen LogP contribution is -2.47. The lowest BCUT2D eigenvalue weighted by Gasteiger charge is -2.56. The smallest absolute Gasteiger partial charge is 0.0826 e. The van der Waals surface area contributed by atoms with Gasteiger partial charge in [0.1, 0.15) is 0 Å².